The summed E-state index contributed by atoms with van der Waals surface area (Å²) in [5.74, 6) is 1.53. The lowest BCUT2D eigenvalue weighted by atomic mass is 10.0. The molecule has 0 aliphatic heterocycles. The van der Waals surface area contributed by atoms with Crippen LogP contribution in [0.25, 0.3) is 22.2 Å². The van der Waals surface area contributed by atoms with Gasteiger partial charge in [0.15, 0.2) is 0 Å². The summed E-state index contributed by atoms with van der Waals surface area (Å²) < 4.78 is 6.01. The second kappa shape index (κ2) is 5.90. The number of para-hydroxylation sites is 2. The number of aromatic amines is 1. The molecule has 0 radical (unpaired) electrons. The zero-order valence-electron chi connectivity index (χ0n) is 12.7. The minimum absolute atomic E-state index is 0.584. The Kier molecular flexibility index (Phi) is 3.45. The van der Waals surface area contributed by atoms with Crippen molar-refractivity contribution in [3.63, 3.8) is 0 Å². The van der Waals surface area contributed by atoms with Crippen molar-refractivity contribution in [2.75, 3.05) is 0 Å². The van der Waals surface area contributed by atoms with E-state index in [1.807, 2.05) is 60.7 Å². The Hall–Kier alpha value is -3.58. The maximum absolute atomic E-state index is 9.21. The number of fused-ring (bicyclic) bond motifs is 1. The van der Waals surface area contributed by atoms with E-state index in [4.69, 9.17) is 4.74 Å². The molecule has 0 saturated carbocycles. The van der Waals surface area contributed by atoms with E-state index in [9.17, 15) is 5.26 Å². The summed E-state index contributed by atoms with van der Waals surface area (Å²) in [5, 5.41) is 10.0. The quantitative estimate of drug-likeness (QED) is 0.585. The van der Waals surface area contributed by atoms with Crippen LogP contribution in [0, 0.1) is 11.3 Å². The number of H-pyrrole nitrogens is 1. The normalized spacial score (nSPS) is 10.5. The fourth-order valence-corrected chi connectivity index (χ4v) is 2.65. The van der Waals surface area contributed by atoms with Gasteiger partial charge in [0.05, 0.1) is 5.56 Å². The average Bonchev–Trinajstić information content (AvgIpc) is 3.05. The molecule has 0 aliphatic rings. The second-order valence-electron chi connectivity index (χ2n) is 5.35. The molecule has 0 unspecified atom stereocenters. The Bertz CT molecular complexity index is 1050. The first kappa shape index (κ1) is 14.0. The van der Waals surface area contributed by atoms with E-state index in [2.05, 4.69) is 16.0 Å². The number of aromatic nitrogens is 2. The number of benzene rings is 2. The van der Waals surface area contributed by atoms with Crippen molar-refractivity contribution in [2.24, 2.45) is 0 Å². The molecule has 4 aromatic rings. The van der Waals surface area contributed by atoms with Crippen LogP contribution in [0.5, 0.6) is 11.5 Å². The highest BCUT2D eigenvalue weighted by molar-refractivity contribution is 5.87. The number of nitriles is 1. The Morgan fingerprint density at radius 2 is 1.79 bits per heavy atom. The van der Waals surface area contributed by atoms with E-state index in [0.29, 0.717) is 11.2 Å². The van der Waals surface area contributed by atoms with Crippen molar-refractivity contribution < 1.29 is 4.74 Å². The van der Waals surface area contributed by atoms with Gasteiger partial charge >= 0.3 is 0 Å². The van der Waals surface area contributed by atoms with Crippen LogP contribution >= 0.6 is 0 Å². The second-order valence-corrected chi connectivity index (χ2v) is 5.35. The number of nitrogens with zero attached hydrogens (tertiary/aromatic N) is 2. The van der Waals surface area contributed by atoms with Crippen molar-refractivity contribution >= 4 is 11.0 Å². The molecular formula is C20H13N3O. The summed E-state index contributed by atoms with van der Waals surface area (Å²) in [6.45, 7) is 0. The molecule has 2 aromatic heterocycles. The molecule has 4 rings (SSSR count). The van der Waals surface area contributed by atoms with Crippen molar-refractivity contribution in [1.82, 2.24) is 9.97 Å². The summed E-state index contributed by atoms with van der Waals surface area (Å²) in [6, 6.07) is 21.6. The van der Waals surface area contributed by atoms with Gasteiger partial charge in [0.25, 0.3) is 0 Å². The molecular weight excluding hydrogens is 298 g/mol. The predicted octanol–water partition coefficient (Wildman–Crippen LogP) is 4.89. The van der Waals surface area contributed by atoms with Gasteiger partial charge in [-0.3, -0.25) is 0 Å². The van der Waals surface area contributed by atoms with Crippen molar-refractivity contribution in [3.8, 4) is 28.7 Å². The van der Waals surface area contributed by atoms with Crippen LogP contribution in [-0.2, 0) is 0 Å². The monoisotopic (exact) mass is 311 g/mol. The molecule has 114 valence electrons. The molecule has 2 heterocycles. The maximum atomic E-state index is 9.21. The summed E-state index contributed by atoms with van der Waals surface area (Å²) in [5.41, 5.74) is 3.13. The van der Waals surface area contributed by atoms with Crippen molar-refractivity contribution in [1.29, 1.82) is 5.26 Å². The molecule has 0 saturated heterocycles. The van der Waals surface area contributed by atoms with Crippen LogP contribution < -0.4 is 4.74 Å². The van der Waals surface area contributed by atoms with Gasteiger partial charge in [-0.25, -0.2) is 4.98 Å². The summed E-state index contributed by atoms with van der Waals surface area (Å²) >= 11 is 0. The van der Waals surface area contributed by atoms with Crippen molar-refractivity contribution in [3.05, 3.63) is 78.6 Å². The average molecular weight is 311 g/mol. The van der Waals surface area contributed by atoms with Gasteiger partial charge in [-0.2, -0.15) is 5.26 Å². The summed E-state index contributed by atoms with van der Waals surface area (Å²) in [6.07, 6.45) is 3.46. The Balaban J connectivity index is 1.81. The lowest BCUT2D eigenvalue weighted by Gasteiger charge is -2.11. The first-order chi connectivity index (χ1) is 11.8. The van der Waals surface area contributed by atoms with Gasteiger partial charge in [-0.15, -0.1) is 0 Å². The molecule has 0 atom stereocenters. The number of hydrogen-bond donors (Lipinski definition) is 1. The maximum Gasteiger partial charge on any atom is 0.138 e. The standard InChI is InChI=1S/C20H13N3O/c21-11-15-13-23-20-18(15)10-14(12-22-20)17-8-4-5-9-19(17)24-16-6-2-1-3-7-16/h1-10,12-13H,(H,22,23). The van der Waals surface area contributed by atoms with E-state index in [-0.39, 0.29) is 0 Å². The highest BCUT2D eigenvalue weighted by Gasteiger charge is 2.10. The van der Waals surface area contributed by atoms with Crippen LogP contribution in [0.4, 0.5) is 0 Å². The van der Waals surface area contributed by atoms with E-state index >= 15 is 0 Å². The van der Waals surface area contributed by atoms with Gasteiger partial charge in [0.2, 0.25) is 0 Å². The van der Waals surface area contributed by atoms with Gasteiger partial charge in [0.1, 0.15) is 23.2 Å². The van der Waals surface area contributed by atoms with E-state index in [1.165, 1.54) is 0 Å². The zero-order valence-corrected chi connectivity index (χ0v) is 12.7. The number of ether oxygens (including phenoxy) is 1. The van der Waals surface area contributed by atoms with E-state index in [1.54, 1.807) is 12.4 Å². The number of pyridine rings is 1. The molecule has 0 aliphatic carbocycles. The van der Waals surface area contributed by atoms with Crippen LogP contribution in [-0.4, -0.2) is 9.97 Å². The third-order valence-corrected chi connectivity index (χ3v) is 3.82. The minimum Gasteiger partial charge on any atom is -0.457 e. The van der Waals surface area contributed by atoms with Gasteiger partial charge < -0.3 is 9.72 Å². The number of rotatable bonds is 3. The van der Waals surface area contributed by atoms with Crippen molar-refractivity contribution in [2.45, 2.75) is 0 Å². The highest BCUT2D eigenvalue weighted by Crippen LogP contribution is 2.34. The molecule has 0 amide bonds. The highest BCUT2D eigenvalue weighted by atomic mass is 16.5. The molecule has 0 fully saturated rings. The molecule has 1 N–H and O–H groups in total. The lowest BCUT2D eigenvalue weighted by Crippen LogP contribution is -1.89. The molecule has 4 heteroatoms. The topological polar surface area (TPSA) is 61.7 Å². The fourth-order valence-electron chi connectivity index (χ4n) is 2.65. The Morgan fingerprint density at radius 3 is 2.62 bits per heavy atom. The predicted molar refractivity (Wildman–Crippen MR) is 92.8 cm³/mol. The smallest absolute Gasteiger partial charge is 0.138 e. The van der Waals surface area contributed by atoms with Crippen LogP contribution in [0.1, 0.15) is 5.56 Å². The van der Waals surface area contributed by atoms with Crippen LogP contribution in [0.15, 0.2) is 73.1 Å². The fraction of sp³-hybridized carbons (Fsp3) is 0. The minimum atomic E-state index is 0.584. The molecule has 0 spiro atoms. The van der Waals surface area contributed by atoms with Crippen LogP contribution in [0.2, 0.25) is 0 Å². The Labute approximate surface area is 139 Å². The summed E-state index contributed by atoms with van der Waals surface area (Å²) in [7, 11) is 0. The molecule has 4 nitrogen and oxygen atoms in total. The number of nitrogens with one attached hydrogen (secondary N) is 1. The zero-order chi connectivity index (χ0) is 16.4. The molecule has 24 heavy (non-hydrogen) atoms. The molecule has 2 aromatic carbocycles. The SMILES string of the molecule is N#Cc1c[nH]c2ncc(-c3ccccc3Oc3ccccc3)cc12. The van der Waals surface area contributed by atoms with E-state index in [0.717, 1.165) is 28.0 Å². The third kappa shape index (κ3) is 2.49. The van der Waals surface area contributed by atoms with Gasteiger partial charge in [-0.05, 0) is 24.3 Å². The first-order valence-corrected chi connectivity index (χ1v) is 7.55. The first-order valence-electron chi connectivity index (χ1n) is 7.55. The largest absolute Gasteiger partial charge is 0.457 e. The number of hydrogen-bond acceptors (Lipinski definition) is 3. The Morgan fingerprint density at radius 1 is 1.00 bits per heavy atom. The van der Waals surface area contributed by atoms with E-state index < -0.39 is 0 Å². The third-order valence-electron chi connectivity index (χ3n) is 3.82. The van der Waals surface area contributed by atoms with Gasteiger partial charge in [0, 0.05) is 28.9 Å². The van der Waals surface area contributed by atoms with Gasteiger partial charge in [-0.1, -0.05) is 36.4 Å². The lowest BCUT2D eigenvalue weighted by molar-refractivity contribution is 0.484. The summed E-state index contributed by atoms with van der Waals surface area (Å²) in [4.78, 5) is 7.42. The molecule has 0 bridgehead atoms. The van der Waals surface area contributed by atoms with Crippen LogP contribution in [0.3, 0.4) is 0 Å².